The molecule has 2 N–H and O–H groups in total. The molecule has 1 aromatic rings. The van der Waals surface area contributed by atoms with Crippen molar-refractivity contribution < 1.29 is 14.2 Å². The van der Waals surface area contributed by atoms with Crippen LogP contribution in [0.15, 0.2) is 23.2 Å². The van der Waals surface area contributed by atoms with E-state index in [1.54, 1.807) is 14.2 Å². The number of guanidine groups is 1. The molecule has 0 aliphatic heterocycles. The summed E-state index contributed by atoms with van der Waals surface area (Å²) in [7, 11) is 3.43. The Bertz CT molecular complexity index is 533. The van der Waals surface area contributed by atoms with Crippen molar-refractivity contribution in [1.29, 1.82) is 0 Å². The highest BCUT2D eigenvalue weighted by Crippen LogP contribution is 2.20. The molecule has 0 atom stereocenters. The number of ether oxygens (including phenoxy) is 3. The second-order valence-electron chi connectivity index (χ2n) is 6.60. The topological polar surface area (TPSA) is 64.1 Å². The fourth-order valence-electron chi connectivity index (χ4n) is 2.24. The molecule has 0 aliphatic carbocycles. The second kappa shape index (κ2) is 13.4. The molecule has 0 bridgehead atoms. The molecule has 6 nitrogen and oxygen atoms in total. The third-order valence-electron chi connectivity index (χ3n) is 3.82. The summed E-state index contributed by atoms with van der Waals surface area (Å²) in [5.41, 5.74) is 2.25. The highest BCUT2D eigenvalue weighted by atomic mass is 16.5. The van der Waals surface area contributed by atoms with Crippen molar-refractivity contribution in [2.24, 2.45) is 10.9 Å². The Morgan fingerprint density at radius 2 is 1.92 bits per heavy atom. The first-order valence-corrected chi connectivity index (χ1v) is 9.30. The zero-order valence-corrected chi connectivity index (χ0v) is 16.9. The van der Waals surface area contributed by atoms with E-state index < -0.39 is 0 Å². The molecule has 6 heteroatoms. The summed E-state index contributed by atoms with van der Waals surface area (Å²) in [5, 5.41) is 6.58. The van der Waals surface area contributed by atoms with Crippen molar-refractivity contribution in [3.8, 4) is 5.75 Å². The van der Waals surface area contributed by atoms with Gasteiger partial charge in [-0.2, -0.15) is 0 Å². The van der Waals surface area contributed by atoms with Gasteiger partial charge in [-0.25, -0.2) is 0 Å². The summed E-state index contributed by atoms with van der Waals surface area (Å²) in [6, 6.07) is 6.21. The van der Waals surface area contributed by atoms with Gasteiger partial charge in [0.05, 0.1) is 13.2 Å². The lowest BCUT2D eigenvalue weighted by molar-refractivity contribution is 0.128. The van der Waals surface area contributed by atoms with Crippen LogP contribution in [0.4, 0.5) is 0 Å². The standard InChI is InChI=1S/C20H35N3O3/c1-16(2)8-10-25-11-9-22-20(21-4)23-15-18-7-6-17(3)14-19(18)26-13-12-24-5/h6-7,14,16H,8-13,15H2,1-5H3,(H2,21,22,23). The van der Waals surface area contributed by atoms with Crippen LogP contribution in [0.25, 0.3) is 0 Å². The van der Waals surface area contributed by atoms with Crippen LogP contribution in [0.3, 0.4) is 0 Å². The van der Waals surface area contributed by atoms with Crippen molar-refractivity contribution >= 4 is 5.96 Å². The zero-order valence-electron chi connectivity index (χ0n) is 16.9. The molecule has 1 rings (SSSR count). The highest BCUT2D eigenvalue weighted by Gasteiger charge is 2.06. The van der Waals surface area contributed by atoms with Crippen LogP contribution in [-0.2, 0) is 16.0 Å². The summed E-state index contributed by atoms with van der Waals surface area (Å²) >= 11 is 0. The van der Waals surface area contributed by atoms with Gasteiger partial charge in [0.2, 0.25) is 0 Å². The van der Waals surface area contributed by atoms with E-state index in [1.807, 2.05) is 6.07 Å². The molecule has 0 heterocycles. The summed E-state index contributed by atoms with van der Waals surface area (Å²) in [5.74, 6) is 2.30. The lowest BCUT2D eigenvalue weighted by atomic mass is 10.1. The first-order chi connectivity index (χ1) is 12.6. The third kappa shape index (κ3) is 9.63. The van der Waals surface area contributed by atoms with E-state index in [4.69, 9.17) is 14.2 Å². The molecule has 0 saturated heterocycles. The van der Waals surface area contributed by atoms with Crippen LogP contribution in [0, 0.1) is 12.8 Å². The predicted octanol–water partition coefficient (Wildman–Crippen LogP) is 2.75. The molecule has 26 heavy (non-hydrogen) atoms. The number of aliphatic imine (C=N–C) groups is 1. The maximum absolute atomic E-state index is 5.82. The smallest absolute Gasteiger partial charge is 0.191 e. The van der Waals surface area contributed by atoms with Gasteiger partial charge >= 0.3 is 0 Å². The third-order valence-corrected chi connectivity index (χ3v) is 3.82. The Hall–Kier alpha value is -1.79. The lowest BCUT2D eigenvalue weighted by Crippen LogP contribution is -2.38. The molecule has 0 aliphatic rings. The van der Waals surface area contributed by atoms with Crippen molar-refractivity contribution in [2.45, 2.75) is 33.7 Å². The van der Waals surface area contributed by atoms with Crippen LogP contribution >= 0.6 is 0 Å². The second-order valence-corrected chi connectivity index (χ2v) is 6.60. The summed E-state index contributed by atoms with van der Waals surface area (Å²) < 4.78 is 16.5. The Morgan fingerprint density at radius 1 is 1.12 bits per heavy atom. The monoisotopic (exact) mass is 365 g/mol. The largest absolute Gasteiger partial charge is 0.491 e. The average Bonchev–Trinajstić information content (AvgIpc) is 2.61. The minimum atomic E-state index is 0.535. The predicted molar refractivity (Wildman–Crippen MR) is 107 cm³/mol. The number of hydrogen-bond donors (Lipinski definition) is 2. The van der Waals surface area contributed by atoms with Gasteiger partial charge in [0.15, 0.2) is 5.96 Å². The van der Waals surface area contributed by atoms with E-state index in [2.05, 4.69) is 48.5 Å². The Morgan fingerprint density at radius 3 is 2.62 bits per heavy atom. The minimum Gasteiger partial charge on any atom is -0.491 e. The van der Waals surface area contributed by atoms with E-state index in [0.717, 1.165) is 36.8 Å². The SMILES string of the molecule is CN=C(NCCOCCC(C)C)NCc1ccc(C)cc1OCCOC. The van der Waals surface area contributed by atoms with Gasteiger partial charge in [0.25, 0.3) is 0 Å². The van der Waals surface area contributed by atoms with Crippen LogP contribution in [0.5, 0.6) is 5.75 Å². The van der Waals surface area contributed by atoms with Gasteiger partial charge in [0, 0.05) is 39.4 Å². The molecule has 0 amide bonds. The fourth-order valence-corrected chi connectivity index (χ4v) is 2.24. The number of rotatable bonds is 12. The van der Waals surface area contributed by atoms with Gasteiger partial charge in [0.1, 0.15) is 12.4 Å². The molecular weight excluding hydrogens is 330 g/mol. The van der Waals surface area contributed by atoms with Crippen molar-refractivity contribution in [3.05, 3.63) is 29.3 Å². The van der Waals surface area contributed by atoms with Crippen LogP contribution in [0.1, 0.15) is 31.4 Å². The van der Waals surface area contributed by atoms with Crippen molar-refractivity contribution in [1.82, 2.24) is 10.6 Å². The Labute approximate surface area is 158 Å². The van der Waals surface area contributed by atoms with Crippen LogP contribution in [0.2, 0.25) is 0 Å². The van der Waals surface area contributed by atoms with Gasteiger partial charge in [-0.3, -0.25) is 4.99 Å². The van der Waals surface area contributed by atoms with Crippen LogP contribution in [-0.4, -0.2) is 53.1 Å². The summed E-state index contributed by atoms with van der Waals surface area (Å²) in [6.45, 7) is 10.4. The molecule has 0 aromatic heterocycles. The highest BCUT2D eigenvalue weighted by molar-refractivity contribution is 5.79. The summed E-state index contributed by atoms with van der Waals surface area (Å²) in [4.78, 5) is 4.25. The first kappa shape index (κ1) is 22.3. The maximum Gasteiger partial charge on any atom is 0.191 e. The molecule has 0 unspecified atom stereocenters. The molecule has 148 valence electrons. The van der Waals surface area contributed by atoms with Gasteiger partial charge in [-0.15, -0.1) is 0 Å². The molecule has 0 radical (unpaired) electrons. The van der Waals surface area contributed by atoms with Crippen LogP contribution < -0.4 is 15.4 Å². The number of methoxy groups -OCH3 is 1. The maximum atomic E-state index is 5.82. The van der Waals surface area contributed by atoms with E-state index in [0.29, 0.717) is 32.3 Å². The fraction of sp³-hybridized carbons (Fsp3) is 0.650. The first-order valence-electron chi connectivity index (χ1n) is 9.30. The van der Waals surface area contributed by atoms with E-state index >= 15 is 0 Å². The van der Waals surface area contributed by atoms with E-state index in [-0.39, 0.29) is 0 Å². The molecule has 0 fully saturated rings. The van der Waals surface area contributed by atoms with Gasteiger partial charge < -0.3 is 24.8 Å². The molecular formula is C20H35N3O3. The number of nitrogens with zero attached hydrogens (tertiary/aromatic N) is 1. The number of nitrogens with one attached hydrogen (secondary N) is 2. The normalized spacial score (nSPS) is 11.7. The van der Waals surface area contributed by atoms with Crippen molar-refractivity contribution in [3.63, 3.8) is 0 Å². The van der Waals surface area contributed by atoms with E-state index in [1.165, 1.54) is 5.56 Å². The Balaban J connectivity index is 2.40. The Kier molecular flexibility index (Phi) is 11.5. The average molecular weight is 366 g/mol. The van der Waals surface area contributed by atoms with Gasteiger partial charge in [-0.1, -0.05) is 26.0 Å². The van der Waals surface area contributed by atoms with Gasteiger partial charge in [-0.05, 0) is 30.9 Å². The molecule has 0 saturated carbocycles. The number of hydrogen-bond acceptors (Lipinski definition) is 4. The number of benzene rings is 1. The lowest BCUT2D eigenvalue weighted by Gasteiger charge is -2.15. The summed E-state index contributed by atoms with van der Waals surface area (Å²) in [6.07, 6.45) is 1.09. The van der Waals surface area contributed by atoms with E-state index in [9.17, 15) is 0 Å². The molecule has 1 aromatic carbocycles. The molecule has 0 spiro atoms. The quantitative estimate of drug-likeness (QED) is 0.339. The minimum absolute atomic E-state index is 0.535. The number of aryl methyl sites for hydroxylation is 1. The zero-order chi connectivity index (χ0) is 19.2. The van der Waals surface area contributed by atoms with Crippen molar-refractivity contribution in [2.75, 3.05) is 47.1 Å².